The minimum atomic E-state index is 0.183. The molecule has 0 bridgehead atoms. The number of benzene rings is 1. The van der Waals surface area contributed by atoms with E-state index in [2.05, 4.69) is 17.5 Å². The maximum atomic E-state index is 12.3. The zero-order valence-electron chi connectivity index (χ0n) is 11.7. The summed E-state index contributed by atoms with van der Waals surface area (Å²) < 4.78 is 0. The molecule has 1 amide bonds. The molecule has 0 aliphatic carbocycles. The highest BCUT2D eigenvalue weighted by Gasteiger charge is 2.18. The van der Waals surface area contributed by atoms with Gasteiger partial charge in [-0.2, -0.15) is 0 Å². The Morgan fingerprint density at radius 2 is 1.90 bits per heavy atom. The van der Waals surface area contributed by atoms with Gasteiger partial charge in [0.15, 0.2) is 0 Å². The van der Waals surface area contributed by atoms with E-state index in [0.717, 1.165) is 43.1 Å². The van der Waals surface area contributed by atoms with E-state index in [4.69, 9.17) is 5.11 Å². The maximum Gasteiger partial charge on any atom is 0.227 e. The van der Waals surface area contributed by atoms with Gasteiger partial charge in [0.25, 0.3) is 0 Å². The van der Waals surface area contributed by atoms with Crippen LogP contribution in [0.15, 0.2) is 29.2 Å². The molecule has 1 fully saturated rings. The lowest BCUT2D eigenvalue weighted by Gasteiger charge is -2.21. The van der Waals surface area contributed by atoms with Crippen LogP contribution in [0.2, 0.25) is 0 Å². The van der Waals surface area contributed by atoms with Crippen LogP contribution >= 0.6 is 12.6 Å². The average Bonchev–Trinajstić information content (AvgIpc) is 2.67. The summed E-state index contributed by atoms with van der Waals surface area (Å²) in [6.07, 6.45) is 1.43. The fourth-order valence-corrected chi connectivity index (χ4v) is 2.63. The van der Waals surface area contributed by atoms with Crippen LogP contribution in [0.3, 0.4) is 0 Å². The molecular weight excluding hydrogens is 272 g/mol. The molecule has 1 aromatic carbocycles. The summed E-state index contributed by atoms with van der Waals surface area (Å²) in [4.78, 5) is 17.4. The highest BCUT2D eigenvalue weighted by atomic mass is 32.1. The molecule has 5 heteroatoms. The predicted molar refractivity (Wildman–Crippen MR) is 82.1 cm³/mol. The predicted octanol–water partition coefficient (Wildman–Crippen LogP) is 1.04. The highest BCUT2D eigenvalue weighted by molar-refractivity contribution is 7.80. The third kappa shape index (κ3) is 4.51. The van der Waals surface area contributed by atoms with Gasteiger partial charge in [-0.25, -0.2) is 0 Å². The quantitative estimate of drug-likeness (QED) is 0.816. The lowest BCUT2D eigenvalue weighted by atomic mass is 10.1. The van der Waals surface area contributed by atoms with Gasteiger partial charge in [-0.05, 0) is 30.7 Å². The zero-order chi connectivity index (χ0) is 14.4. The van der Waals surface area contributed by atoms with Crippen molar-refractivity contribution in [2.45, 2.75) is 17.7 Å². The van der Waals surface area contributed by atoms with E-state index in [-0.39, 0.29) is 12.5 Å². The summed E-state index contributed by atoms with van der Waals surface area (Å²) in [7, 11) is 0. The molecule has 1 N–H and O–H groups in total. The molecule has 20 heavy (non-hydrogen) atoms. The van der Waals surface area contributed by atoms with Crippen molar-refractivity contribution in [1.82, 2.24) is 9.80 Å². The molecule has 1 aromatic rings. The number of hydrogen-bond acceptors (Lipinski definition) is 4. The van der Waals surface area contributed by atoms with Crippen molar-refractivity contribution in [2.75, 3.05) is 39.3 Å². The highest BCUT2D eigenvalue weighted by Crippen LogP contribution is 2.11. The van der Waals surface area contributed by atoms with E-state index in [1.54, 1.807) is 0 Å². The van der Waals surface area contributed by atoms with E-state index >= 15 is 0 Å². The number of rotatable bonds is 4. The van der Waals surface area contributed by atoms with Crippen molar-refractivity contribution >= 4 is 18.5 Å². The van der Waals surface area contributed by atoms with Crippen molar-refractivity contribution in [3.8, 4) is 0 Å². The zero-order valence-corrected chi connectivity index (χ0v) is 12.6. The molecule has 0 spiro atoms. The molecule has 2 rings (SSSR count). The number of nitrogens with zero attached hydrogens (tertiary/aromatic N) is 2. The first-order valence-electron chi connectivity index (χ1n) is 7.08. The number of aliphatic hydroxyl groups is 1. The lowest BCUT2D eigenvalue weighted by molar-refractivity contribution is -0.130. The van der Waals surface area contributed by atoms with Crippen molar-refractivity contribution < 1.29 is 9.90 Å². The first kappa shape index (κ1) is 15.4. The van der Waals surface area contributed by atoms with Crippen LogP contribution in [0.1, 0.15) is 12.0 Å². The summed E-state index contributed by atoms with van der Waals surface area (Å²) in [5.74, 6) is 0.183. The van der Waals surface area contributed by atoms with Crippen LogP contribution in [0, 0.1) is 0 Å². The summed E-state index contributed by atoms with van der Waals surface area (Å²) >= 11 is 4.25. The monoisotopic (exact) mass is 294 g/mol. The summed E-state index contributed by atoms with van der Waals surface area (Å²) in [5, 5.41) is 8.97. The molecule has 1 saturated heterocycles. The molecule has 0 aromatic heterocycles. The number of carbonyl (C=O) groups excluding carboxylic acids is 1. The van der Waals surface area contributed by atoms with Crippen molar-refractivity contribution in [3.05, 3.63) is 29.8 Å². The maximum absolute atomic E-state index is 12.3. The molecular formula is C15H22N2O2S. The lowest BCUT2D eigenvalue weighted by Crippen LogP contribution is -2.36. The second-order valence-electron chi connectivity index (χ2n) is 5.14. The molecule has 0 saturated carbocycles. The van der Waals surface area contributed by atoms with Crippen molar-refractivity contribution in [3.63, 3.8) is 0 Å². The summed E-state index contributed by atoms with van der Waals surface area (Å²) in [6, 6.07) is 7.74. The molecule has 4 nitrogen and oxygen atoms in total. The Morgan fingerprint density at radius 1 is 1.15 bits per heavy atom. The first-order valence-corrected chi connectivity index (χ1v) is 7.52. The van der Waals surface area contributed by atoms with Gasteiger partial charge in [-0.1, -0.05) is 12.1 Å². The van der Waals surface area contributed by atoms with Crippen LogP contribution in [-0.2, 0) is 11.2 Å². The van der Waals surface area contributed by atoms with Gasteiger partial charge in [0.05, 0.1) is 13.0 Å². The van der Waals surface area contributed by atoms with Gasteiger partial charge in [-0.15, -0.1) is 12.6 Å². The second kappa shape index (κ2) is 7.67. The molecule has 1 aliphatic rings. The van der Waals surface area contributed by atoms with Crippen LogP contribution in [0.25, 0.3) is 0 Å². The Bertz CT molecular complexity index is 436. The fourth-order valence-electron chi connectivity index (χ4n) is 2.49. The third-order valence-electron chi connectivity index (χ3n) is 3.65. The number of thiol groups is 1. The van der Waals surface area contributed by atoms with Crippen LogP contribution in [-0.4, -0.2) is 60.1 Å². The molecule has 0 unspecified atom stereocenters. The number of β-amino-alcohol motifs (C(OH)–C–C–N with tert-alkyl or cyclic N) is 1. The number of amides is 1. The van der Waals surface area contributed by atoms with E-state index < -0.39 is 0 Å². The van der Waals surface area contributed by atoms with Gasteiger partial charge < -0.3 is 10.0 Å². The summed E-state index contributed by atoms with van der Waals surface area (Å²) in [5.41, 5.74) is 1.03. The average molecular weight is 294 g/mol. The molecule has 110 valence electrons. The Balaban J connectivity index is 1.87. The standard InChI is InChI=1S/C15H22N2O2S/c18-11-10-16-6-1-7-17(9-8-16)15(19)12-13-2-4-14(20)5-3-13/h2-5,18,20H,1,6-12H2. The van der Waals surface area contributed by atoms with E-state index in [1.165, 1.54) is 0 Å². The van der Waals surface area contributed by atoms with E-state index in [9.17, 15) is 4.79 Å². The first-order chi connectivity index (χ1) is 9.69. The van der Waals surface area contributed by atoms with Gasteiger partial charge in [0.2, 0.25) is 5.91 Å². The van der Waals surface area contributed by atoms with Crippen molar-refractivity contribution in [1.29, 1.82) is 0 Å². The SMILES string of the molecule is O=C(Cc1ccc(S)cc1)N1CCCN(CCO)CC1. The normalized spacial score (nSPS) is 17.0. The number of hydrogen-bond donors (Lipinski definition) is 2. The van der Waals surface area contributed by atoms with Crippen LogP contribution < -0.4 is 0 Å². The Labute approximate surface area is 125 Å². The summed E-state index contributed by atoms with van der Waals surface area (Å²) in [6.45, 7) is 4.25. The van der Waals surface area contributed by atoms with E-state index in [1.807, 2.05) is 29.2 Å². The molecule has 1 aliphatic heterocycles. The Hall–Kier alpha value is -1.04. The van der Waals surface area contributed by atoms with Crippen LogP contribution in [0.4, 0.5) is 0 Å². The third-order valence-corrected chi connectivity index (χ3v) is 3.95. The minimum Gasteiger partial charge on any atom is -0.395 e. The smallest absolute Gasteiger partial charge is 0.227 e. The minimum absolute atomic E-state index is 0.183. The Morgan fingerprint density at radius 3 is 2.60 bits per heavy atom. The topological polar surface area (TPSA) is 43.8 Å². The number of aliphatic hydroxyl groups excluding tert-OH is 1. The molecule has 0 atom stereocenters. The largest absolute Gasteiger partial charge is 0.395 e. The molecule has 1 heterocycles. The fraction of sp³-hybridized carbons (Fsp3) is 0.533. The van der Waals surface area contributed by atoms with Gasteiger partial charge in [-0.3, -0.25) is 9.69 Å². The van der Waals surface area contributed by atoms with Gasteiger partial charge >= 0.3 is 0 Å². The van der Waals surface area contributed by atoms with Crippen molar-refractivity contribution in [2.24, 2.45) is 0 Å². The Kier molecular flexibility index (Phi) is 5.88. The van der Waals surface area contributed by atoms with Gasteiger partial charge in [0.1, 0.15) is 0 Å². The molecule has 0 radical (unpaired) electrons. The van der Waals surface area contributed by atoms with E-state index in [0.29, 0.717) is 13.0 Å². The van der Waals surface area contributed by atoms with Gasteiger partial charge in [0, 0.05) is 31.1 Å². The second-order valence-corrected chi connectivity index (χ2v) is 5.66. The number of carbonyl (C=O) groups is 1. The van der Waals surface area contributed by atoms with Crippen LogP contribution in [0.5, 0.6) is 0 Å².